The first kappa shape index (κ1) is 19.4. The van der Waals surface area contributed by atoms with E-state index in [0.29, 0.717) is 0 Å². The van der Waals surface area contributed by atoms with E-state index in [-0.39, 0.29) is 19.0 Å². The summed E-state index contributed by atoms with van der Waals surface area (Å²) in [6, 6.07) is 9.87. The summed E-state index contributed by atoms with van der Waals surface area (Å²) >= 11 is 0. The summed E-state index contributed by atoms with van der Waals surface area (Å²) in [7, 11) is -1.89. The Bertz CT molecular complexity index is 360. The molecule has 1 aromatic rings. The molecule has 126 valence electrons. The number of hydrogen-bond donors (Lipinski definition) is 3. The number of hydrogen-bond acceptors (Lipinski definition) is 4. The van der Waals surface area contributed by atoms with E-state index in [0.717, 1.165) is 50.6 Å². The van der Waals surface area contributed by atoms with Gasteiger partial charge < -0.3 is 20.1 Å². The fourth-order valence-electron chi connectivity index (χ4n) is 2.31. The minimum Gasteiger partial charge on any atom is -0.494 e. The Morgan fingerprint density at radius 1 is 0.727 bits per heavy atom. The van der Waals surface area contributed by atoms with Gasteiger partial charge in [0.05, 0.1) is 20.0 Å². The van der Waals surface area contributed by atoms with Crippen LogP contribution in [0, 0.1) is 0 Å². The van der Waals surface area contributed by atoms with Gasteiger partial charge in [-0.25, -0.2) is 0 Å². The molecule has 0 bridgehead atoms. The molecule has 22 heavy (non-hydrogen) atoms. The predicted molar refractivity (Wildman–Crippen MR) is 92.7 cm³/mol. The molecule has 1 rings (SSSR count). The van der Waals surface area contributed by atoms with E-state index in [1.165, 1.54) is 6.42 Å². The number of para-hydroxylation sites is 1. The smallest absolute Gasteiger partial charge is 0.158 e. The predicted octanol–water partition coefficient (Wildman–Crippen LogP) is 3.27. The summed E-state index contributed by atoms with van der Waals surface area (Å²) in [5.74, 6) is 0.930. The normalized spacial score (nSPS) is 11.6. The van der Waals surface area contributed by atoms with E-state index in [1.807, 2.05) is 30.3 Å². The summed E-state index contributed by atoms with van der Waals surface area (Å²) in [6.07, 6.45) is 7.30. The van der Waals surface area contributed by atoms with Crippen LogP contribution in [-0.4, -0.2) is 47.1 Å². The second-order valence-electron chi connectivity index (χ2n) is 5.77. The molecule has 1 aromatic carbocycles. The van der Waals surface area contributed by atoms with Crippen molar-refractivity contribution in [1.82, 2.24) is 0 Å². The number of unbranched alkanes of at least 4 members (excludes halogenated alkanes) is 5. The Hall–Kier alpha value is -0.670. The monoisotopic (exact) mass is 329 g/mol. The molecule has 3 N–H and O–H groups in total. The minimum absolute atomic E-state index is 0.0448. The van der Waals surface area contributed by atoms with Crippen LogP contribution in [0.25, 0.3) is 0 Å². The third-order valence-electron chi connectivity index (χ3n) is 3.94. The van der Waals surface area contributed by atoms with Crippen molar-refractivity contribution in [3.63, 3.8) is 0 Å². The fraction of sp³-hybridized carbons (Fsp3) is 0.647. The Kier molecular flexibility index (Phi) is 10.4. The van der Waals surface area contributed by atoms with Crippen molar-refractivity contribution in [2.45, 2.75) is 38.5 Å². The zero-order valence-corrected chi connectivity index (χ0v) is 14.3. The van der Waals surface area contributed by atoms with Crippen LogP contribution in [0.2, 0.25) is 0 Å². The Balaban J connectivity index is 1.95. The van der Waals surface area contributed by atoms with Gasteiger partial charge in [-0.1, -0.05) is 37.5 Å². The van der Waals surface area contributed by atoms with Crippen LogP contribution < -0.4 is 4.74 Å². The van der Waals surface area contributed by atoms with Gasteiger partial charge in [-0.2, -0.15) is 0 Å². The molecule has 0 fully saturated rings. The summed E-state index contributed by atoms with van der Waals surface area (Å²) in [5.41, 5.74) is 0. The van der Waals surface area contributed by atoms with Crippen molar-refractivity contribution in [3.8, 4) is 5.75 Å². The summed E-state index contributed by atoms with van der Waals surface area (Å²) in [5, 5.41) is 27.9. The molecule has 0 aliphatic heterocycles. The third kappa shape index (κ3) is 7.55. The quantitative estimate of drug-likeness (QED) is 0.384. The summed E-state index contributed by atoms with van der Waals surface area (Å²) in [4.78, 5) is 0. The van der Waals surface area contributed by atoms with Crippen LogP contribution >= 0.6 is 7.26 Å². The van der Waals surface area contributed by atoms with Crippen LogP contribution in [0.15, 0.2) is 30.3 Å². The number of aliphatic hydroxyl groups excluding tert-OH is 3. The van der Waals surface area contributed by atoms with E-state index >= 15 is 0 Å². The second-order valence-corrected chi connectivity index (χ2v) is 9.75. The van der Waals surface area contributed by atoms with Gasteiger partial charge in [0.25, 0.3) is 0 Å². The molecule has 5 heteroatoms. The first-order valence-corrected chi connectivity index (χ1v) is 10.6. The molecular formula is C17H30O4P+. The third-order valence-corrected chi connectivity index (χ3v) is 7.00. The average Bonchev–Trinajstić information content (AvgIpc) is 2.58. The van der Waals surface area contributed by atoms with E-state index < -0.39 is 7.26 Å². The highest BCUT2D eigenvalue weighted by atomic mass is 31.2. The van der Waals surface area contributed by atoms with Crippen LogP contribution in [-0.2, 0) is 0 Å². The van der Waals surface area contributed by atoms with Gasteiger partial charge in [-0.15, -0.1) is 0 Å². The van der Waals surface area contributed by atoms with Crippen LogP contribution in [0.4, 0.5) is 0 Å². The van der Waals surface area contributed by atoms with Crippen molar-refractivity contribution in [2.24, 2.45) is 0 Å². The van der Waals surface area contributed by atoms with Crippen LogP contribution in [0.3, 0.4) is 0 Å². The zero-order chi connectivity index (χ0) is 16.1. The number of benzene rings is 1. The summed E-state index contributed by atoms with van der Waals surface area (Å²) in [6.45, 7) is 0.762. The molecule has 0 aliphatic rings. The topological polar surface area (TPSA) is 69.9 Å². The van der Waals surface area contributed by atoms with Gasteiger partial charge in [0.15, 0.2) is 19.0 Å². The van der Waals surface area contributed by atoms with Crippen LogP contribution in [0.1, 0.15) is 38.5 Å². The maximum Gasteiger partial charge on any atom is 0.158 e. The largest absolute Gasteiger partial charge is 0.494 e. The Labute approximate surface area is 134 Å². The highest BCUT2D eigenvalue weighted by Gasteiger charge is 2.34. The maximum atomic E-state index is 9.29. The molecule has 0 aromatic heterocycles. The minimum atomic E-state index is -1.89. The molecular weight excluding hydrogens is 299 g/mol. The van der Waals surface area contributed by atoms with Crippen molar-refractivity contribution < 1.29 is 20.1 Å². The van der Waals surface area contributed by atoms with E-state index in [4.69, 9.17) is 4.74 Å². The molecule has 0 spiro atoms. The van der Waals surface area contributed by atoms with Crippen LogP contribution in [0.5, 0.6) is 5.75 Å². The lowest BCUT2D eigenvalue weighted by Crippen LogP contribution is -2.11. The van der Waals surface area contributed by atoms with Crippen molar-refractivity contribution >= 4 is 7.26 Å². The van der Waals surface area contributed by atoms with Crippen molar-refractivity contribution in [3.05, 3.63) is 30.3 Å². The van der Waals surface area contributed by atoms with E-state index in [2.05, 4.69) is 0 Å². The first-order valence-electron chi connectivity index (χ1n) is 8.12. The zero-order valence-electron chi connectivity index (χ0n) is 13.4. The lowest BCUT2D eigenvalue weighted by atomic mass is 10.1. The Morgan fingerprint density at radius 2 is 1.27 bits per heavy atom. The molecule has 0 aliphatic carbocycles. The van der Waals surface area contributed by atoms with Crippen molar-refractivity contribution in [2.75, 3.05) is 31.8 Å². The summed E-state index contributed by atoms with van der Waals surface area (Å²) < 4.78 is 5.64. The first-order chi connectivity index (χ1) is 10.8. The standard InChI is InChI=1S/C17H30O4P/c18-14-22(15-19,16-20)13-9-4-2-1-3-8-12-21-17-10-6-5-7-11-17/h5-7,10-11,18-20H,1-4,8-9,12-16H2/q+1. The lowest BCUT2D eigenvalue weighted by Gasteiger charge is -2.19. The van der Waals surface area contributed by atoms with Gasteiger partial charge in [-0.05, 0) is 31.4 Å². The SMILES string of the molecule is OC[P+](CO)(CO)CCCCCCCCOc1ccccc1. The second kappa shape index (κ2) is 11.8. The molecule has 4 nitrogen and oxygen atoms in total. The number of aliphatic hydroxyl groups is 3. The van der Waals surface area contributed by atoms with Gasteiger partial charge in [0, 0.05) is 0 Å². The number of rotatable bonds is 13. The molecule has 0 radical (unpaired) electrons. The highest BCUT2D eigenvalue weighted by molar-refractivity contribution is 7.75. The molecule has 0 saturated heterocycles. The Morgan fingerprint density at radius 3 is 1.86 bits per heavy atom. The van der Waals surface area contributed by atoms with E-state index in [1.54, 1.807) is 0 Å². The van der Waals surface area contributed by atoms with Gasteiger partial charge in [0.1, 0.15) is 5.75 Å². The molecule has 0 amide bonds. The number of ether oxygens (including phenoxy) is 1. The lowest BCUT2D eigenvalue weighted by molar-refractivity contribution is 0.304. The van der Waals surface area contributed by atoms with Gasteiger partial charge in [0.2, 0.25) is 0 Å². The molecule has 0 heterocycles. The van der Waals surface area contributed by atoms with E-state index in [9.17, 15) is 15.3 Å². The van der Waals surface area contributed by atoms with Gasteiger partial charge >= 0.3 is 0 Å². The molecule has 0 saturated carbocycles. The average molecular weight is 329 g/mol. The van der Waals surface area contributed by atoms with Gasteiger partial charge in [-0.3, -0.25) is 0 Å². The highest BCUT2D eigenvalue weighted by Crippen LogP contribution is 2.56. The molecule has 0 unspecified atom stereocenters. The maximum absolute atomic E-state index is 9.29. The fourth-order valence-corrected chi connectivity index (χ4v) is 3.90. The van der Waals surface area contributed by atoms with Crippen molar-refractivity contribution in [1.29, 1.82) is 0 Å². The molecule has 0 atom stereocenters.